The fraction of sp³-hybridized carbons (Fsp3) is 0.600. The summed E-state index contributed by atoms with van der Waals surface area (Å²) in [4.78, 5) is 0. The van der Waals surface area contributed by atoms with Gasteiger partial charge in [-0.05, 0) is 37.0 Å². The maximum absolute atomic E-state index is 12.2. The van der Waals surface area contributed by atoms with E-state index >= 15 is 0 Å². The van der Waals surface area contributed by atoms with Crippen LogP contribution in [0.25, 0.3) is 0 Å². The highest BCUT2D eigenvalue weighted by Gasteiger charge is 2.27. The summed E-state index contributed by atoms with van der Waals surface area (Å²) < 4.78 is 35.1. The van der Waals surface area contributed by atoms with Gasteiger partial charge >= 0.3 is 0 Å². The van der Waals surface area contributed by atoms with E-state index in [-0.39, 0.29) is 11.0 Å². The van der Waals surface area contributed by atoms with Gasteiger partial charge in [-0.2, -0.15) is 0 Å². The average Bonchev–Trinajstić information content (AvgIpc) is 2.53. The number of hydrogen-bond donors (Lipinski definition) is 1. The lowest BCUT2D eigenvalue weighted by Crippen LogP contribution is -2.31. The molecule has 5 nitrogen and oxygen atoms in total. The summed E-state index contributed by atoms with van der Waals surface area (Å²) in [6, 6.07) is 7.53. The Bertz CT molecular complexity index is 521. The van der Waals surface area contributed by atoms with Crippen LogP contribution >= 0.6 is 0 Å². The van der Waals surface area contributed by atoms with Crippen molar-refractivity contribution in [3.63, 3.8) is 0 Å². The standard InChI is InChI=1S/C15H23NO4S/c16-12-13-2-4-14(5-3-13)20-8-1-11-21(17,18)15-6-9-19-10-7-15/h2-5,15H,1,6-12,16H2. The Morgan fingerprint density at radius 2 is 1.86 bits per heavy atom. The number of benzene rings is 1. The average molecular weight is 313 g/mol. The molecule has 0 radical (unpaired) electrons. The molecule has 6 heteroatoms. The van der Waals surface area contributed by atoms with Gasteiger partial charge in [0.25, 0.3) is 0 Å². The van der Waals surface area contributed by atoms with Crippen molar-refractivity contribution in [2.75, 3.05) is 25.6 Å². The maximum Gasteiger partial charge on any atom is 0.153 e. The molecule has 1 aliphatic heterocycles. The van der Waals surface area contributed by atoms with Crippen molar-refractivity contribution < 1.29 is 17.9 Å². The Morgan fingerprint density at radius 1 is 1.19 bits per heavy atom. The summed E-state index contributed by atoms with van der Waals surface area (Å²) >= 11 is 0. The fourth-order valence-electron chi connectivity index (χ4n) is 2.37. The smallest absolute Gasteiger partial charge is 0.153 e. The predicted molar refractivity (Wildman–Crippen MR) is 82.1 cm³/mol. The van der Waals surface area contributed by atoms with Gasteiger partial charge in [-0.3, -0.25) is 0 Å². The van der Waals surface area contributed by atoms with E-state index in [2.05, 4.69) is 0 Å². The molecule has 1 heterocycles. The molecule has 0 spiro atoms. The molecule has 1 aromatic rings. The van der Waals surface area contributed by atoms with Crippen LogP contribution in [0.1, 0.15) is 24.8 Å². The van der Waals surface area contributed by atoms with Gasteiger partial charge < -0.3 is 15.2 Å². The Kier molecular flexibility index (Phi) is 6.02. The minimum absolute atomic E-state index is 0.179. The predicted octanol–water partition coefficient (Wildman–Crippen LogP) is 1.51. The van der Waals surface area contributed by atoms with Crippen molar-refractivity contribution in [2.24, 2.45) is 5.73 Å². The number of rotatable bonds is 7. The van der Waals surface area contributed by atoms with E-state index in [0.717, 1.165) is 11.3 Å². The first kappa shape index (κ1) is 16.3. The van der Waals surface area contributed by atoms with Crippen LogP contribution in [0.3, 0.4) is 0 Å². The second kappa shape index (κ2) is 7.77. The van der Waals surface area contributed by atoms with E-state index in [1.54, 1.807) is 0 Å². The second-order valence-electron chi connectivity index (χ2n) is 5.23. The molecule has 1 fully saturated rings. The van der Waals surface area contributed by atoms with Gasteiger partial charge in [-0.15, -0.1) is 0 Å². The molecule has 0 unspecified atom stereocenters. The fourth-order valence-corrected chi connectivity index (χ4v) is 4.14. The second-order valence-corrected chi connectivity index (χ2v) is 7.63. The van der Waals surface area contributed by atoms with Crippen LogP contribution in [0.4, 0.5) is 0 Å². The van der Waals surface area contributed by atoms with E-state index < -0.39 is 9.84 Å². The third kappa shape index (κ3) is 4.98. The molecule has 0 saturated carbocycles. The Hall–Kier alpha value is -1.11. The van der Waals surface area contributed by atoms with Crippen LogP contribution in [-0.4, -0.2) is 39.2 Å². The van der Waals surface area contributed by atoms with E-state index in [1.807, 2.05) is 24.3 Å². The van der Waals surface area contributed by atoms with Crippen molar-refractivity contribution >= 4 is 9.84 Å². The molecule has 0 amide bonds. The van der Waals surface area contributed by atoms with Gasteiger partial charge in [0.1, 0.15) is 5.75 Å². The minimum Gasteiger partial charge on any atom is -0.494 e. The zero-order chi connectivity index (χ0) is 15.1. The van der Waals surface area contributed by atoms with Crippen LogP contribution < -0.4 is 10.5 Å². The molecule has 2 N–H and O–H groups in total. The van der Waals surface area contributed by atoms with Crippen molar-refractivity contribution in [2.45, 2.75) is 31.1 Å². The van der Waals surface area contributed by atoms with Crippen LogP contribution in [0.5, 0.6) is 5.75 Å². The summed E-state index contributed by atoms with van der Waals surface area (Å²) in [5.74, 6) is 0.925. The van der Waals surface area contributed by atoms with Crippen LogP contribution in [-0.2, 0) is 21.1 Å². The highest BCUT2D eigenvalue weighted by molar-refractivity contribution is 7.92. The molecule has 1 saturated heterocycles. The number of ether oxygens (including phenoxy) is 2. The lowest BCUT2D eigenvalue weighted by molar-refractivity contribution is 0.0983. The molecule has 0 atom stereocenters. The first-order valence-electron chi connectivity index (χ1n) is 7.33. The van der Waals surface area contributed by atoms with Crippen molar-refractivity contribution in [1.82, 2.24) is 0 Å². The van der Waals surface area contributed by atoms with Gasteiger partial charge in [0, 0.05) is 19.8 Å². The minimum atomic E-state index is -3.02. The van der Waals surface area contributed by atoms with E-state index in [4.69, 9.17) is 15.2 Å². The maximum atomic E-state index is 12.2. The quantitative estimate of drug-likeness (QED) is 0.772. The van der Waals surface area contributed by atoms with Gasteiger partial charge in [0.15, 0.2) is 9.84 Å². The third-order valence-electron chi connectivity index (χ3n) is 3.68. The molecular formula is C15H23NO4S. The number of sulfone groups is 1. The molecular weight excluding hydrogens is 290 g/mol. The summed E-state index contributed by atoms with van der Waals surface area (Å²) in [5, 5.41) is -0.241. The Balaban J connectivity index is 1.73. The summed E-state index contributed by atoms with van der Waals surface area (Å²) in [6.45, 7) is 2.01. The van der Waals surface area contributed by atoms with Crippen LogP contribution in [0.15, 0.2) is 24.3 Å². The van der Waals surface area contributed by atoms with Gasteiger partial charge in [-0.1, -0.05) is 12.1 Å². The topological polar surface area (TPSA) is 78.6 Å². The Morgan fingerprint density at radius 3 is 2.48 bits per heavy atom. The van der Waals surface area contributed by atoms with Gasteiger partial charge in [0.05, 0.1) is 17.6 Å². The largest absolute Gasteiger partial charge is 0.494 e. The van der Waals surface area contributed by atoms with Crippen molar-refractivity contribution in [1.29, 1.82) is 0 Å². The first-order chi connectivity index (χ1) is 10.1. The lowest BCUT2D eigenvalue weighted by Gasteiger charge is -2.22. The Labute approximate surface area is 126 Å². The first-order valence-corrected chi connectivity index (χ1v) is 9.04. The zero-order valence-corrected chi connectivity index (χ0v) is 13.0. The SMILES string of the molecule is NCc1ccc(OCCCS(=O)(=O)C2CCOCC2)cc1. The van der Waals surface area contributed by atoms with Crippen LogP contribution in [0.2, 0.25) is 0 Å². The highest BCUT2D eigenvalue weighted by Crippen LogP contribution is 2.17. The summed E-state index contributed by atoms with van der Waals surface area (Å²) in [6.07, 6.45) is 1.74. The normalized spacial score (nSPS) is 16.8. The highest BCUT2D eigenvalue weighted by atomic mass is 32.2. The zero-order valence-electron chi connectivity index (χ0n) is 12.2. The summed E-state index contributed by atoms with van der Waals surface area (Å²) in [5.41, 5.74) is 6.57. The monoisotopic (exact) mass is 313 g/mol. The lowest BCUT2D eigenvalue weighted by atomic mass is 10.2. The van der Waals surface area contributed by atoms with Crippen molar-refractivity contribution in [3.05, 3.63) is 29.8 Å². The van der Waals surface area contributed by atoms with Crippen molar-refractivity contribution in [3.8, 4) is 5.75 Å². The van der Waals surface area contributed by atoms with E-state index in [9.17, 15) is 8.42 Å². The third-order valence-corrected chi connectivity index (χ3v) is 6.02. The number of hydrogen-bond acceptors (Lipinski definition) is 5. The number of nitrogens with two attached hydrogens (primary N) is 1. The van der Waals surface area contributed by atoms with Crippen LogP contribution in [0, 0.1) is 0 Å². The molecule has 0 aromatic heterocycles. The molecule has 21 heavy (non-hydrogen) atoms. The summed E-state index contributed by atoms with van der Waals surface area (Å²) in [7, 11) is -3.02. The molecule has 0 bridgehead atoms. The molecule has 2 rings (SSSR count). The molecule has 1 aromatic carbocycles. The molecule has 1 aliphatic rings. The molecule has 0 aliphatic carbocycles. The van der Waals surface area contributed by atoms with Gasteiger partial charge in [0.2, 0.25) is 0 Å². The van der Waals surface area contributed by atoms with Gasteiger partial charge in [-0.25, -0.2) is 8.42 Å². The van der Waals surface area contributed by atoms with E-state index in [1.165, 1.54) is 0 Å². The van der Waals surface area contributed by atoms with E-state index in [0.29, 0.717) is 45.6 Å². The molecule has 118 valence electrons.